The Kier molecular flexibility index (Phi) is 7.52. The number of aromatic amines is 1. The molecule has 0 aliphatic carbocycles. The van der Waals surface area contributed by atoms with Crippen LogP contribution in [0.5, 0.6) is 0 Å². The molecule has 0 radical (unpaired) electrons. The Morgan fingerprint density at radius 3 is 2.59 bits per heavy atom. The van der Waals surface area contributed by atoms with Gasteiger partial charge in [0, 0.05) is 29.1 Å². The fourth-order valence-corrected chi connectivity index (χ4v) is 4.18. The molecular formula is C22H26ClN5O3S. The zero-order chi connectivity index (χ0) is 23.4. The molecule has 2 heterocycles. The molecule has 32 heavy (non-hydrogen) atoms. The number of benzene rings is 1. The van der Waals surface area contributed by atoms with E-state index in [1.165, 1.54) is 20.8 Å². The lowest BCUT2D eigenvalue weighted by Crippen LogP contribution is -2.42. The normalized spacial score (nSPS) is 11.2. The molecule has 0 aliphatic rings. The molecule has 2 aromatic heterocycles. The van der Waals surface area contributed by atoms with E-state index >= 15 is 0 Å². The zero-order valence-corrected chi connectivity index (χ0v) is 19.8. The van der Waals surface area contributed by atoms with Gasteiger partial charge < -0.3 is 5.73 Å². The molecule has 1 aromatic carbocycles. The Morgan fingerprint density at radius 1 is 1.28 bits per heavy atom. The molecule has 3 aromatic rings. The first-order valence-electron chi connectivity index (χ1n) is 10.4. The summed E-state index contributed by atoms with van der Waals surface area (Å²) >= 11 is 7.27. The summed E-state index contributed by atoms with van der Waals surface area (Å²) in [4.78, 5) is 46.6. The number of thiazole rings is 1. The quantitative estimate of drug-likeness (QED) is 0.511. The number of halogens is 1. The van der Waals surface area contributed by atoms with E-state index in [1.807, 2.05) is 32.9 Å². The van der Waals surface area contributed by atoms with Gasteiger partial charge in [-0.1, -0.05) is 50.9 Å². The van der Waals surface area contributed by atoms with Crippen LogP contribution >= 0.6 is 22.9 Å². The number of nitrogens with two attached hydrogens (primary N) is 1. The number of unbranched alkanes of at least 4 members (excludes halogenated alkanes) is 1. The summed E-state index contributed by atoms with van der Waals surface area (Å²) < 4.78 is 1.30. The Bertz CT molecular complexity index is 1210. The smallest absolute Gasteiger partial charge is 0.330 e. The van der Waals surface area contributed by atoms with Crippen LogP contribution in [0.2, 0.25) is 5.02 Å². The second-order valence-corrected chi connectivity index (χ2v) is 9.15. The first-order valence-corrected chi connectivity index (χ1v) is 11.6. The van der Waals surface area contributed by atoms with Gasteiger partial charge in [-0.15, -0.1) is 11.3 Å². The van der Waals surface area contributed by atoms with E-state index < -0.39 is 17.2 Å². The highest BCUT2D eigenvalue weighted by Gasteiger charge is 2.27. The average Bonchev–Trinajstić information content (AvgIpc) is 3.23. The number of H-pyrrole nitrogens is 1. The molecule has 0 aliphatic heterocycles. The number of nitrogen functional groups attached to an aromatic ring is 1. The Balaban J connectivity index is 2.04. The van der Waals surface area contributed by atoms with Crippen molar-refractivity contribution in [2.75, 3.05) is 17.2 Å². The van der Waals surface area contributed by atoms with Crippen molar-refractivity contribution < 1.29 is 4.79 Å². The third-order valence-electron chi connectivity index (χ3n) is 4.83. The van der Waals surface area contributed by atoms with Gasteiger partial charge in [-0.25, -0.2) is 9.78 Å². The van der Waals surface area contributed by atoms with E-state index in [0.717, 1.165) is 12.0 Å². The van der Waals surface area contributed by atoms with Crippen molar-refractivity contribution in [3.8, 4) is 10.6 Å². The second kappa shape index (κ2) is 10.1. The van der Waals surface area contributed by atoms with Crippen LogP contribution in [0, 0.1) is 5.92 Å². The highest BCUT2D eigenvalue weighted by molar-refractivity contribution is 7.13. The van der Waals surface area contributed by atoms with E-state index in [4.69, 9.17) is 17.3 Å². The maximum Gasteiger partial charge on any atom is 0.330 e. The van der Waals surface area contributed by atoms with Gasteiger partial charge in [0.15, 0.2) is 5.69 Å². The summed E-state index contributed by atoms with van der Waals surface area (Å²) in [7, 11) is 0. The monoisotopic (exact) mass is 475 g/mol. The van der Waals surface area contributed by atoms with Gasteiger partial charge >= 0.3 is 5.69 Å². The third kappa shape index (κ3) is 5.11. The SMILES string of the molecule is CCCCN(C(=O)c1csc(-c2ccc(Cl)cc2)n1)c1c(N)n(CC(C)C)c(=O)[nH]c1=O. The molecule has 3 rings (SSSR count). The maximum atomic E-state index is 13.4. The summed E-state index contributed by atoms with van der Waals surface area (Å²) in [6.07, 6.45) is 1.46. The number of rotatable bonds is 8. The van der Waals surface area contributed by atoms with Crippen molar-refractivity contribution in [3.63, 3.8) is 0 Å². The van der Waals surface area contributed by atoms with Crippen LogP contribution in [0.4, 0.5) is 11.5 Å². The van der Waals surface area contributed by atoms with Crippen molar-refractivity contribution >= 4 is 40.4 Å². The number of nitrogens with zero attached hydrogens (tertiary/aromatic N) is 3. The summed E-state index contributed by atoms with van der Waals surface area (Å²) in [5.41, 5.74) is 5.99. The molecule has 8 nitrogen and oxygen atoms in total. The summed E-state index contributed by atoms with van der Waals surface area (Å²) in [6.45, 7) is 6.45. The Labute approximate surface area is 194 Å². The van der Waals surface area contributed by atoms with E-state index in [1.54, 1.807) is 17.5 Å². The largest absolute Gasteiger partial charge is 0.383 e. The van der Waals surface area contributed by atoms with Gasteiger partial charge in [-0.05, 0) is 24.5 Å². The number of carbonyl (C=O) groups excluding carboxylic acids is 1. The molecule has 0 unspecified atom stereocenters. The number of amides is 1. The van der Waals surface area contributed by atoms with E-state index in [0.29, 0.717) is 23.0 Å². The molecule has 3 N–H and O–H groups in total. The van der Waals surface area contributed by atoms with Gasteiger partial charge in [-0.2, -0.15) is 0 Å². The predicted octanol–water partition coefficient (Wildman–Crippen LogP) is 4.00. The molecule has 1 amide bonds. The van der Waals surface area contributed by atoms with Crippen molar-refractivity contribution in [3.05, 3.63) is 61.2 Å². The fourth-order valence-electron chi connectivity index (χ4n) is 3.25. The summed E-state index contributed by atoms with van der Waals surface area (Å²) in [6, 6.07) is 7.17. The van der Waals surface area contributed by atoms with E-state index in [9.17, 15) is 14.4 Å². The zero-order valence-electron chi connectivity index (χ0n) is 18.2. The number of carbonyl (C=O) groups is 1. The second-order valence-electron chi connectivity index (χ2n) is 7.85. The van der Waals surface area contributed by atoms with Crippen molar-refractivity contribution in [1.82, 2.24) is 14.5 Å². The van der Waals surface area contributed by atoms with Crippen molar-refractivity contribution in [2.45, 2.75) is 40.2 Å². The van der Waals surface area contributed by atoms with Crippen LogP contribution < -0.4 is 21.9 Å². The van der Waals surface area contributed by atoms with Crippen LogP contribution in [0.1, 0.15) is 44.1 Å². The van der Waals surface area contributed by atoms with Crippen LogP contribution in [0.25, 0.3) is 10.6 Å². The number of nitrogens with one attached hydrogen (secondary N) is 1. The van der Waals surface area contributed by atoms with Gasteiger partial charge in [0.1, 0.15) is 16.5 Å². The van der Waals surface area contributed by atoms with Crippen LogP contribution in [-0.4, -0.2) is 27.0 Å². The molecule has 10 heteroatoms. The summed E-state index contributed by atoms with van der Waals surface area (Å²) in [5.74, 6) is -0.346. The minimum Gasteiger partial charge on any atom is -0.383 e. The lowest BCUT2D eigenvalue weighted by molar-refractivity contribution is 0.0982. The minimum atomic E-state index is -0.690. The maximum absolute atomic E-state index is 13.4. The molecule has 0 fully saturated rings. The van der Waals surface area contributed by atoms with Crippen LogP contribution in [-0.2, 0) is 6.54 Å². The molecule has 170 valence electrons. The number of anilines is 2. The lowest BCUT2D eigenvalue weighted by Gasteiger charge is -2.24. The topological polar surface area (TPSA) is 114 Å². The first-order chi connectivity index (χ1) is 15.2. The molecule has 0 saturated carbocycles. The highest BCUT2D eigenvalue weighted by Crippen LogP contribution is 2.27. The van der Waals surface area contributed by atoms with Gasteiger partial charge in [0.05, 0.1) is 0 Å². The first kappa shape index (κ1) is 23.7. The van der Waals surface area contributed by atoms with Gasteiger partial charge in [0.2, 0.25) is 0 Å². The Hall–Kier alpha value is -2.91. The molecule has 0 spiro atoms. The van der Waals surface area contributed by atoms with Gasteiger partial charge in [0.25, 0.3) is 11.5 Å². The van der Waals surface area contributed by atoms with Crippen molar-refractivity contribution in [2.24, 2.45) is 5.92 Å². The van der Waals surface area contributed by atoms with Crippen molar-refractivity contribution in [1.29, 1.82) is 0 Å². The number of hydrogen-bond donors (Lipinski definition) is 2. The molecular weight excluding hydrogens is 450 g/mol. The van der Waals surface area contributed by atoms with Gasteiger partial charge in [-0.3, -0.25) is 24.0 Å². The third-order valence-corrected chi connectivity index (χ3v) is 5.97. The minimum absolute atomic E-state index is 0.0231. The summed E-state index contributed by atoms with van der Waals surface area (Å²) in [5, 5.41) is 2.92. The molecule has 0 saturated heterocycles. The fraction of sp³-hybridized carbons (Fsp3) is 0.364. The van der Waals surface area contributed by atoms with Crippen LogP contribution in [0.3, 0.4) is 0 Å². The standard InChI is InChI=1S/C22H26ClN5O3S/c1-4-5-10-27(17-18(24)28(11-13(2)3)22(31)26-19(17)29)21(30)16-12-32-20(25-16)14-6-8-15(23)9-7-14/h6-9,12-13H,4-5,10-11,24H2,1-3H3,(H,26,29,31). The number of aromatic nitrogens is 3. The average molecular weight is 476 g/mol. The lowest BCUT2D eigenvalue weighted by atomic mass is 10.2. The van der Waals surface area contributed by atoms with E-state index in [-0.39, 0.29) is 29.7 Å². The van der Waals surface area contributed by atoms with Crippen LogP contribution in [0.15, 0.2) is 39.2 Å². The van der Waals surface area contributed by atoms with E-state index in [2.05, 4.69) is 9.97 Å². The molecule has 0 atom stereocenters. The predicted molar refractivity (Wildman–Crippen MR) is 130 cm³/mol. The molecule has 0 bridgehead atoms. The Morgan fingerprint density at radius 2 is 1.97 bits per heavy atom. The highest BCUT2D eigenvalue weighted by atomic mass is 35.5. The number of hydrogen-bond acceptors (Lipinski definition) is 6.